The van der Waals surface area contributed by atoms with Crippen molar-refractivity contribution < 1.29 is 13.2 Å². The van der Waals surface area contributed by atoms with Gasteiger partial charge in [-0.25, -0.2) is 13.4 Å². The van der Waals surface area contributed by atoms with Gasteiger partial charge in [-0.1, -0.05) is 11.6 Å². The first-order chi connectivity index (χ1) is 19.8. The first-order valence-corrected chi connectivity index (χ1v) is 16.6. The first kappa shape index (κ1) is 33.0. The van der Waals surface area contributed by atoms with E-state index in [1.54, 1.807) is 27.1 Å². The Kier molecular flexibility index (Phi) is 9.13. The molecule has 2 N–H and O–H groups in total. The fraction of sp³-hybridized carbons (Fsp3) is 0.581. The molecular formula is C31H46ClN7O3S. The van der Waals surface area contributed by atoms with Crippen molar-refractivity contribution in [1.29, 1.82) is 0 Å². The normalized spacial score (nSPS) is 17.4. The second-order valence-corrected chi connectivity index (χ2v) is 16.2. The third-order valence-electron chi connectivity index (χ3n) is 8.41. The van der Waals surface area contributed by atoms with Gasteiger partial charge in [0.2, 0.25) is 20.8 Å². The van der Waals surface area contributed by atoms with E-state index in [1.165, 1.54) is 16.4 Å². The Hall–Kier alpha value is -2.89. The van der Waals surface area contributed by atoms with Crippen LogP contribution in [0, 0.1) is 6.92 Å². The molecule has 0 bridgehead atoms. The van der Waals surface area contributed by atoms with E-state index in [9.17, 15) is 8.42 Å². The van der Waals surface area contributed by atoms with Gasteiger partial charge < -0.3 is 15.4 Å². The molecule has 0 unspecified atom stereocenters. The van der Waals surface area contributed by atoms with Gasteiger partial charge in [0.25, 0.3) is 0 Å². The van der Waals surface area contributed by atoms with Crippen LogP contribution in [-0.2, 0) is 16.9 Å². The van der Waals surface area contributed by atoms with E-state index in [4.69, 9.17) is 16.3 Å². The molecule has 1 fully saturated rings. The lowest BCUT2D eigenvalue weighted by atomic mass is 9.71. The molecule has 12 heteroatoms. The van der Waals surface area contributed by atoms with E-state index in [0.29, 0.717) is 5.92 Å². The highest BCUT2D eigenvalue weighted by Crippen LogP contribution is 2.47. The number of hydrogen-bond acceptors (Lipinski definition) is 9. The van der Waals surface area contributed by atoms with Gasteiger partial charge in [-0.15, -0.1) is 0 Å². The Morgan fingerprint density at radius 1 is 1.02 bits per heavy atom. The zero-order chi connectivity index (χ0) is 32.1. The maximum Gasteiger partial charge on any atom is 0.229 e. The molecule has 0 radical (unpaired) electrons. The summed E-state index contributed by atoms with van der Waals surface area (Å²) in [5.41, 5.74) is 3.57. The first-order valence-electron chi connectivity index (χ1n) is 14.7. The molecule has 236 valence electrons. The van der Waals surface area contributed by atoms with Gasteiger partial charge in [-0.2, -0.15) is 10.1 Å². The summed E-state index contributed by atoms with van der Waals surface area (Å²) in [6, 6.07) is 4.25. The molecule has 1 aromatic carbocycles. The molecule has 0 spiro atoms. The largest absolute Gasteiger partial charge is 0.489 e. The van der Waals surface area contributed by atoms with Crippen LogP contribution >= 0.6 is 11.6 Å². The summed E-state index contributed by atoms with van der Waals surface area (Å²) in [6.07, 6.45) is 5.10. The maximum atomic E-state index is 12.9. The van der Waals surface area contributed by atoms with Crippen LogP contribution in [0.15, 0.2) is 29.6 Å². The Morgan fingerprint density at radius 2 is 1.65 bits per heavy atom. The Labute approximate surface area is 261 Å². The third kappa shape index (κ3) is 6.94. The van der Waals surface area contributed by atoms with Crippen LogP contribution in [0.3, 0.4) is 0 Å². The molecule has 2 aromatic heterocycles. The Morgan fingerprint density at radius 3 is 2.23 bits per heavy atom. The van der Waals surface area contributed by atoms with Crippen LogP contribution in [0.4, 0.5) is 23.1 Å². The standard InChI is InChI=1S/C31H46ClN7O3S/c1-18(2)42-26-13-22(21-14-30(6,7)39(11)31(8,9)15-21)20(5)12-24(26)35-29-33-16-23(32)27(36-29)34-25-17-38(10)37-28(25)43(40,41)19(3)4/h12-13,16-19,21H,14-15H2,1-11H3,(H2,33,34,35,36). The van der Waals surface area contributed by atoms with Gasteiger partial charge >= 0.3 is 0 Å². The molecule has 0 atom stereocenters. The minimum atomic E-state index is -3.65. The lowest BCUT2D eigenvalue weighted by Crippen LogP contribution is -2.58. The van der Waals surface area contributed by atoms with Crippen molar-refractivity contribution in [3.8, 4) is 5.75 Å². The number of anilines is 4. The molecule has 0 amide bonds. The van der Waals surface area contributed by atoms with E-state index in [0.717, 1.165) is 29.8 Å². The van der Waals surface area contributed by atoms with E-state index >= 15 is 0 Å². The molecule has 10 nitrogen and oxygen atoms in total. The van der Waals surface area contributed by atoms with Crippen molar-refractivity contribution >= 4 is 44.6 Å². The van der Waals surface area contributed by atoms with Crippen molar-refractivity contribution in [1.82, 2.24) is 24.6 Å². The topological polar surface area (TPSA) is 114 Å². The number of aryl methyl sites for hydroxylation is 2. The number of sulfone groups is 1. The van der Waals surface area contributed by atoms with E-state index in [-0.39, 0.29) is 44.7 Å². The highest BCUT2D eigenvalue weighted by molar-refractivity contribution is 7.92. The summed E-state index contributed by atoms with van der Waals surface area (Å²) >= 11 is 6.45. The summed E-state index contributed by atoms with van der Waals surface area (Å²) in [6.45, 7) is 18.6. The molecule has 43 heavy (non-hydrogen) atoms. The summed E-state index contributed by atoms with van der Waals surface area (Å²) in [4.78, 5) is 11.5. The van der Waals surface area contributed by atoms with Crippen LogP contribution in [0.25, 0.3) is 0 Å². The van der Waals surface area contributed by atoms with Gasteiger partial charge in [-0.3, -0.25) is 9.58 Å². The molecule has 0 aliphatic carbocycles. The van der Waals surface area contributed by atoms with Crippen LogP contribution in [0.2, 0.25) is 5.02 Å². The minimum Gasteiger partial charge on any atom is -0.489 e. The summed E-state index contributed by atoms with van der Waals surface area (Å²) in [7, 11) is 0.233. The lowest BCUT2D eigenvalue weighted by molar-refractivity contribution is -0.0129. The van der Waals surface area contributed by atoms with Gasteiger partial charge in [-0.05, 0) is 111 Å². The fourth-order valence-corrected chi connectivity index (χ4v) is 7.17. The maximum absolute atomic E-state index is 12.9. The van der Waals surface area contributed by atoms with Crippen LogP contribution in [0.1, 0.15) is 85.3 Å². The SMILES string of the molecule is Cc1cc(Nc2ncc(Cl)c(Nc3cn(C)nc3S(=O)(=O)C(C)C)n2)c(OC(C)C)cc1C1CC(C)(C)N(C)C(C)(C)C1. The number of nitrogens with zero attached hydrogens (tertiary/aromatic N) is 5. The van der Waals surface area contributed by atoms with Gasteiger partial charge in [0.05, 0.1) is 28.9 Å². The number of aromatic nitrogens is 4. The number of nitrogens with one attached hydrogen (secondary N) is 2. The molecular weight excluding hydrogens is 586 g/mol. The van der Waals surface area contributed by atoms with Gasteiger partial charge in [0, 0.05) is 24.3 Å². The number of benzene rings is 1. The summed E-state index contributed by atoms with van der Waals surface area (Å²) < 4.78 is 33.6. The fourth-order valence-electron chi connectivity index (χ4n) is 5.93. The van der Waals surface area contributed by atoms with Crippen LogP contribution < -0.4 is 15.4 Å². The van der Waals surface area contributed by atoms with Crippen molar-refractivity contribution in [2.45, 2.75) is 109 Å². The summed E-state index contributed by atoms with van der Waals surface area (Å²) in [5, 5.41) is 10.1. The quantitative estimate of drug-likeness (QED) is 0.258. The van der Waals surface area contributed by atoms with Crippen molar-refractivity contribution in [3.05, 3.63) is 40.7 Å². The molecule has 3 aromatic rings. The van der Waals surface area contributed by atoms with Gasteiger partial charge in [0.1, 0.15) is 10.8 Å². The highest BCUT2D eigenvalue weighted by atomic mass is 35.5. The van der Waals surface area contributed by atoms with Crippen LogP contribution in [-0.4, -0.2) is 62.5 Å². The molecule has 1 aliphatic heterocycles. The molecule has 0 saturated carbocycles. The number of piperidine rings is 1. The molecule has 1 aliphatic rings. The lowest BCUT2D eigenvalue weighted by Gasteiger charge is -2.54. The predicted molar refractivity (Wildman–Crippen MR) is 174 cm³/mol. The van der Waals surface area contributed by atoms with E-state index in [2.05, 4.69) is 84.4 Å². The predicted octanol–water partition coefficient (Wildman–Crippen LogP) is 6.99. The number of ether oxygens (including phenoxy) is 1. The third-order valence-corrected chi connectivity index (χ3v) is 10.8. The smallest absolute Gasteiger partial charge is 0.229 e. The van der Waals surface area contributed by atoms with Crippen molar-refractivity contribution in [2.24, 2.45) is 7.05 Å². The zero-order valence-electron chi connectivity index (χ0n) is 27.2. The number of halogens is 1. The number of rotatable bonds is 9. The highest BCUT2D eigenvalue weighted by Gasteiger charge is 2.43. The van der Waals surface area contributed by atoms with Crippen LogP contribution in [0.5, 0.6) is 5.75 Å². The number of hydrogen-bond donors (Lipinski definition) is 2. The number of likely N-dealkylation sites (tertiary alicyclic amines) is 1. The summed E-state index contributed by atoms with van der Waals surface area (Å²) in [5.74, 6) is 1.63. The van der Waals surface area contributed by atoms with Gasteiger partial charge in [0.15, 0.2) is 5.82 Å². The monoisotopic (exact) mass is 631 g/mol. The van der Waals surface area contributed by atoms with E-state index < -0.39 is 15.1 Å². The molecule has 4 rings (SSSR count). The average molecular weight is 632 g/mol. The molecule has 1 saturated heterocycles. The van der Waals surface area contributed by atoms with Crippen molar-refractivity contribution in [3.63, 3.8) is 0 Å². The average Bonchev–Trinajstić information content (AvgIpc) is 3.26. The Bertz CT molecular complexity index is 1580. The zero-order valence-corrected chi connectivity index (χ0v) is 28.8. The Balaban J connectivity index is 1.69. The molecule has 3 heterocycles. The van der Waals surface area contributed by atoms with Crippen molar-refractivity contribution in [2.75, 3.05) is 17.7 Å². The second-order valence-electron chi connectivity index (χ2n) is 13.4. The second kappa shape index (κ2) is 11.9. The minimum absolute atomic E-state index is 0.0447. The van der Waals surface area contributed by atoms with E-state index in [1.807, 2.05) is 13.8 Å².